The standard InChI is InChI=1S/C24H23Cl3N2O3S2/c1-2-11-28(34(31,32)22-14-18(26)7-8-20(22)27)15-23(30)29-12-9-21-19(10-13-33-21)24(29)16-3-5-17(25)6-4-16/h3-8,10,13-14,24H,2,9,11-12,15H2,1H3. The fourth-order valence-electron chi connectivity index (χ4n) is 4.18. The molecule has 0 saturated heterocycles. The van der Waals surface area contributed by atoms with E-state index in [0.29, 0.717) is 18.0 Å². The summed E-state index contributed by atoms with van der Waals surface area (Å²) in [7, 11) is -4.03. The predicted octanol–water partition coefficient (Wildman–Crippen LogP) is 6.28. The van der Waals surface area contributed by atoms with Gasteiger partial charge in [-0.25, -0.2) is 8.42 Å². The first kappa shape index (κ1) is 25.5. The molecule has 1 aliphatic rings. The van der Waals surface area contributed by atoms with E-state index in [4.69, 9.17) is 34.8 Å². The van der Waals surface area contributed by atoms with E-state index in [1.165, 1.54) is 27.4 Å². The zero-order valence-corrected chi connectivity index (χ0v) is 22.3. The first-order valence-electron chi connectivity index (χ1n) is 10.8. The molecular weight excluding hydrogens is 535 g/mol. The summed E-state index contributed by atoms with van der Waals surface area (Å²) >= 11 is 20.0. The summed E-state index contributed by atoms with van der Waals surface area (Å²) in [5, 5.41) is 2.96. The lowest BCUT2D eigenvalue weighted by molar-refractivity contribution is -0.133. The maximum Gasteiger partial charge on any atom is 0.245 e. The van der Waals surface area contributed by atoms with Crippen LogP contribution in [0, 0.1) is 0 Å². The summed E-state index contributed by atoms with van der Waals surface area (Å²) in [6.07, 6.45) is 1.27. The Morgan fingerprint density at radius 2 is 1.79 bits per heavy atom. The van der Waals surface area contributed by atoms with Crippen molar-refractivity contribution in [3.05, 3.63) is 85.0 Å². The highest BCUT2D eigenvalue weighted by Gasteiger charge is 2.36. The predicted molar refractivity (Wildman–Crippen MR) is 139 cm³/mol. The Kier molecular flexibility index (Phi) is 7.92. The average molecular weight is 558 g/mol. The van der Waals surface area contributed by atoms with Crippen LogP contribution in [0.2, 0.25) is 15.1 Å². The van der Waals surface area contributed by atoms with Crippen LogP contribution >= 0.6 is 46.1 Å². The van der Waals surface area contributed by atoms with Crippen molar-refractivity contribution >= 4 is 62.1 Å². The number of halogens is 3. The minimum atomic E-state index is -4.03. The average Bonchev–Trinajstić information content (AvgIpc) is 3.29. The van der Waals surface area contributed by atoms with Crippen LogP contribution in [0.5, 0.6) is 0 Å². The molecule has 3 aromatic rings. The van der Waals surface area contributed by atoms with E-state index >= 15 is 0 Å². The van der Waals surface area contributed by atoms with Crippen molar-refractivity contribution in [1.82, 2.24) is 9.21 Å². The zero-order valence-electron chi connectivity index (χ0n) is 18.4. The van der Waals surface area contributed by atoms with Gasteiger partial charge in [0.05, 0.1) is 17.6 Å². The van der Waals surface area contributed by atoms with Crippen LogP contribution in [-0.4, -0.2) is 43.2 Å². The molecule has 0 bridgehead atoms. The number of thiophene rings is 1. The second-order valence-electron chi connectivity index (χ2n) is 8.00. The Hall–Kier alpha value is -1.61. The molecule has 1 aromatic heterocycles. The van der Waals surface area contributed by atoms with Gasteiger partial charge in [-0.2, -0.15) is 4.31 Å². The highest BCUT2D eigenvalue weighted by atomic mass is 35.5. The van der Waals surface area contributed by atoms with Crippen molar-refractivity contribution in [2.24, 2.45) is 0 Å². The van der Waals surface area contributed by atoms with Crippen LogP contribution in [-0.2, 0) is 21.2 Å². The Bertz CT molecular complexity index is 1290. The van der Waals surface area contributed by atoms with Gasteiger partial charge in [0.2, 0.25) is 15.9 Å². The number of rotatable bonds is 7. The van der Waals surface area contributed by atoms with Crippen molar-refractivity contribution in [2.75, 3.05) is 19.6 Å². The first-order valence-corrected chi connectivity index (χ1v) is 14.2. The highest BCUT2D eigenvalue weighted by Crippen LogP contribution is 2.38. The number of carbonyl (C=O) groups excluding carboxylic acids is 1. The van der Waals surface area contributed by atoms with E-state index in [2.05, 4.69) is 0 Å². The van der Waals surface area contributed by atoms with E-state index < -0.39 is 10.0 Å². The van der Waals surface area contributed by atoms with Crippen molar-refractivity contribution in [3.63, 3.8) is 0 Å². The van der Waals surface area contributed by atoms with Gasteiger partial charge in [-0.3, -0.25) is 4.79 Å². The van der Waals surface area contributed by atoms with Gasteiger partial charge in [0, 0.05) is 28.0 Å². The molecular formula is C24H23Cl3N2O3S2. The SMILES string of the molecule is CCCN(CC(=O)N1CCc2sccc2C1c1ccc(Cl)cc1)S(=O)(=O)c1cc(Cl)ccc1Cl. The monoisotopic (exact) mass is 556 g/mol. The zero-order chi connectivity index (χ0) is 24.5. The molecule has 0 aliphatic carbocycles. The number of hydrogen-bond acceptors (Lipinski definition) is 4. The smallest absolute Gasteiger partial charge is 0.245 e. The van der Waals surface area contributed by atoms with Gasteiger partial charge in [-0.05, 0) is 65.7 Å². The Morgan fingerprint density at radius 3 is 2.50 bits per heavy atom. The van der Waals surface area contributed by atoms with E-state index in [1.807, 2.05) is 30.5 Å². The van der Waals surface area contributed by atoms with Crippen molar-refractivity contribution in [3.8, 4) is 0 Å². The maximum absolute atomic E-state index is 13.6. The quantitative estimate of drug-likeness (QED) is 0.343. The van der Waals surface area contributed by atoms with Gasteiger partial charge in [0.25, 0.3) is 0 Å². The van der Waals surface area contributed by atoms with Crippen LogP contribution in [0.1, 0.15) is 35.4 Å². The molecule has 34 heavy (non-hydrogen) atoms. The summed E-state index contributed by atoms with van der Waals surface area (Å²) in [6.45, 7) is 2.25. The molecule has 4 rings (SSSR count). The number of sulfonamides is 1. The van der Waals surface area contributed by atoms with Crippen LogP contribution in [0.25, 0.3) is 0 Å². The van der Waals surface area contributed by atoms with Crippen molar-refractivity contribution in [1.29, 1.82) is 0 Å². The summed E-state index contributed by atoms with van der Waals surface area (Å²) < 4.78 is 28.1. The van der Waals surface area contributed by atoms with Crippen LogP contribution in [0.3, 0.4) is 0 Å². The lowest BCUT2D eigenvalue weighted by Crippen LogP contribution is -2.47. The molecule has 0 spiro atoms. The van der Waals surface area contributed by atoms with E-state index in [0.717, 1.165) is 17.5 Å². The third kappa shape index (κ3) is 5.15. The molecule has 1 aliphatic heterocycles. The number of hydrogen-bond donors (Lipinski definition) is 0. The molecule has 1 amide bonds. The molecule has 1 atom stereocenters. The number of benzene rings is 2. The molecule has 0 saturated carbocycles. The molecule has 0 radical (unpaired) electrons. The largest absolute Gasteiger partial charge is 0.330 e. The van der Waals surface area contributed by atoms with Crippen LogP contribution < -0.4 is 0 Å². The molecule has 1 unspecified atom stereocenters. The second-order valence-corrected chi connectivity index (χ2v) is 12.2. The molecule has 2 aromatic carbocycles. The minimum absolute atomic E-state index is 0.0675. The fraction of sp³-hybridized carbons (Fsp3) is 0.292. The Morgan fingerprint density at radius 1 is 1.09 bits per heavy atom. The lowest BCUT2D eigenvalue weighted by Gasteiger charge is -2.37. The summed E-state index contributed by atoms with van der Waals surface area (Å²) in [5.41, 5.74) is 1.99. The normalized spacial score (nSPS) is 16.0. The maximum atomic E-state index is 13.6. The molecule has 180 valence electrons. The van der Waals surface area contributed by atoms with Gasteiger partial charge < -0.3 is 4.90 Å². The summed E-state index contributed by atoms with van der Waals surface area (Å²) in [4.78, 5) is 16.5. The number of amides is 1. The minimum Gasteiger partial charge on any atom is -0.330 e. The van der Waals surface area contributed by atoms with Gasteiger partial charge in [0.15, 0.2) is 0 Å². The summed E-state index contributed by atoms with van der Waals surface area (Å²) in [6, 6.07) is 13.4. The van der Waals surface area contributed by atoms with Gasteiger partial charge in [-0.1, -0.05) is 53.9 Å². The highest BCUT2D eigenvalue weighted by molar-refractivity contribution is 7.89. The molecule has 5 nitrogen and oxygen atoms in total. The Labute approximate surface area is 218 Å². The number of carbonyl (C=O) groups is 1. The van der Waals surface area contributed by atoms with Crippen molar-refractivity contribution in [2.45, 2.75) is 30.7 Å². The second kappa shape index (κ2) is 10.6. The molecule has 10 heteroatoms. The molecule has 2 heterocycles. The number of nitrogens with zero attached hydrogens (tertiary/aromatic N) is 2. The molecule has 0 N–H and O–H groups in total. The fourth-order valence-corrected chi connectivity index (χ4v) is 7.43. The third-order valence-corrected chi connectivity index (χ3v) is 9.58. The Balaban J connectivity index is 1.67. The van der Waals surface area contributed by atoms with E-state index in [9.17, 15) is 13.2 Å². The topological polar surface area (TPSA) is 57.7 Å². The van der Waals surface area contributed by atoms with E-state index in [-0.39, 0.29) is 40.0 Å². The first-order chi connectivity index (χ1) is 16.2. The number of fused-ring (bicyclic) bond motifs is 1. The van der Waals surface area contributed by atoms with Crippen molar-refractivity contribution < 1.29 is 13.2 Å². The molecule has 0 fully saturated rings. The van der Waals surface area contributed by atoms with Crippen LogP contribution in [0.4, 0.5) is 0 Å². The lowest BCUT2D eigenvalue weighted by atomic mass is 9.93. The van der Waals surface area contributed by atoms with Gasteiger partial charge >= 0.3 is 0 Å². The third-order valence-electron chi connectivity index (χ3n) is 5.77. The van der Waals surface area contributed by atoms with Gasteiger partial charge in [-0.15, -0.1) is 11.3 Å². The van der Waals surface area contributed by atoms with Crippen LogP contribution in [0.15, 0.2) is 58.8 Å². The van der Waals surface area contributed by atoms with E-state index in [1.54, 1.807) is 28.4 Å². The van der Waals surface area contributed by atoms with Gasteiger partial charge in [0.1, 0.15) is 4.90 Å². The summed E-state index contributed by atoms with van der Waals surface area (Å²) in [5.74, 6) is -0.271.